The van der Waals surface area contributed by atoms with Gasteiger partial charge in [0.2, 0.25) is 0 Å². The Hall–Kier alpha value is -1.40. The molecule has 6 heteroatoms. The van der Waals surface area contributed by atoms with Gasteiger partial charge in [-0.05, 0) is 31.5 Å². The molecule has 0 bridgehead atoms. The molecule has 0 unspecified atom stereocenters. The van der Waals surface area contributed by atoms with Gasteiger partial charge in [-0.1, -0.05) is 22.9 Å². The zero-order chi connectivity index (χ0) is 14.0. The third-order valence-electron chi connectivity index (χ3n) is 2.63. The van der Waals surface area contributed by atoms with Crippen molar-refractivity contribution in [2.75, 3.05) is 11.1 Å². The molecule has 0 spiro atoms. The number of halogens is 1. The summed E-state index contributed by atoms with van der Waals surface area (Å²) in [6.45, 7) is 4.05. The first-order valence-electron chi connectivity index (χ1n) is 5.83. The van der Waals surface area contributed by atoms with Crippen molar-refractivity contribution in [3.05, 3.63) is 38.8 Å². The number of thiazole rings is 1. The van der Waals surface area contributed by atoms with Crippen LogP contribution in [0.3, 0.4) is 0 Å². The van der Waals surface area contributed by atoms with Gasteiger partial charge >= 0.3 is 0 Å². The molecular formula is C13H14BrN3OS. The maximum atomic E-state index is 12.1. The van der Waals surface area contributed by atoms with Crippen LogP contribution in [-0.2, 0) is 6.42 Å². The van der Waals surface area contributed by atoms with Crippen molar-refractivity contribution >= 4 is 44.0 Å². The van der Waals surface area contributed by atoms with E-state index in [4.69, 9.17) is 5.73 Å². The standard InChI is InChI=1S/C13H14BrN3OS/c1-3-11-7(2)19-13(16-11)17-12(18)8-4-9(14)6-10(15)5-8/h4-6H,3,15H2,1-2H3,(H,16,17,18). The molecule has 1 heterocycles. The Balaban J connectivity index is 2.20. The van der Waals surface area contributed by atoms with E-state index in [1.54, 1.807) is 18.2 Å². The minimum atomic E-state index is -0.204. The van der Waals surface area contributed by atoms with Crippen molar-refractivity contribution in [1.29, 1.82) is 0 Å². The van der Waals surface area contributed by atoms with Crippen LogP contribution in [0.25, 0.3) is 0 Å². The van der Waals surface area contributed by atoms with Crippen molar-refractivity contribution in [2.24, 2.45) is 0 Å². The first-order valence-corrected chi connectivity index (χ1v) is 7.44. The first-order chi connectivity index (χ1) is 8.99. The number of amides is 1. The zero-order valence-corrected chi connectivity index (χ0v) is 13.1. The lowest BCUT2D eigenvalue weighted by atomic mass is 10.2. The van der Waals surface area contributed by atoms with Crippen LogP contribution < -0.4 is 11.1 Å². The summed E-state index contributed by atoms with van der Waals surface area (Å²) in [4.78, 5) is 17.6. The number of aromatic nitrogens is 1. The highest BCUT2D eigenvalue weighted by atomic mass is 79.9. The summed E-state index contributed by atoms with van der Waals surface area (Å²) >= 11 is 4.80. The van der Waals surface area contributed by atoms with E-state index in [0.29, 0.717) is 16.4 Å². The number of hydrogen-bond acceptors (Lipinski definition) is 4. The zero-order valence-electron chi connectivity index (χ0n) is 10.7. The molecule has 0 aliphatic heterocycles. The Kier molecular flexibility index (Phi) is 4.21. The van der Waals surface area contributed by atoms with E-state index >= 15 is 0 Å². The molecular weight excluding hydrogens is 326 g/mol. The molecule has 0 radical (unpaired) electrons. The second-order valence-electron chi connectivity index (χ2n) is 4.10. The summed E-state index contributed by atoms with van der Waals surface area (Å²) in [5.41, 5.74) is 7.80. The Morgan fingerprint density at radius 1 is 1.47 bits per heavy atom. The van der Waals surface area contributed by atoms with E-state index in [9.17, 15) is 4.79 Å². The molecule has 3 N–H and O–H groups in total. The summed E-state index contributed by atoms with van der Waals surface area (Å²) in [6, 6.07) is 5.12. The molecule has 1 amide bonds. The second-order valence-corrected chi connectivity index (χ2v) is 6.22. The minimum absolute atomic E-state index is 0.204. The number of rotatable bonds is 3. The lowest BCUT2D eigenvalue weighted by Gasteiger charge is -2.03. The van der Waals surface area contributed by atoms with Crippen molar-refractivity contribution in [3.8, 4) is 0 Å². The SMILES string of the molecule is CCc1nc(NC(=O)c2cc(N)cc(Br)c2)sc1C. The van der Waals surface area contributed by atoms with E-state index in [-0.39, 0.29) is 5.91 Å². The van der Waals surface area contributed by atoms with E-state index in [0.717, 1.165) is 21.5 Å². The maximum Gasteiger partial charge on any atom is 0.257 e. The fraction of sp³-hybridized carbons (Fsp3) is 0.231. The number of carbonyl (C=O) groups excluding carboxylic acids is 1. The number of nitrogens with two attached hydrogens (primary N) is 1. The molecule has 4 nitrogen and oxygen atoms in total. The quantitative estimate of drug-likeness (QED) is 0.839. The Morgan fingerprint density at radius 3 is 2.79 bits per heavy atom. The van der Waals surface area contributed by atoms with E-state index < -0.39 is 0 Å². The predicted molar refractivity (Wildman–Crippen MR) is 82.7 cm³/mol. The number of nitrogens with zero attached hydrogens (tertiary/aromatic N) is 1. The maximum absolute atomic E-state index is 12.1. The molecule has 2 rings (SSSR count). The van der Waals surface area contributed by atoms with Crippen LogP contribution in [0.1, 0.15) is 27.9 Å². The van der Waals surface area contributed by atoms with Crippen molar-refractivity contribution < 1.29 is 4.79 Å². The average Bonchev–Trinajstić information content (AvgIpc) is 2.68. The van der Waals surface area contributed by atoms with Gasteiger partial charge in [0.15, 0.2) is 5.13 Å². The minimum Gasteiger partial charge on any atom is -0.399 e. The van der Waals surface area contributed by atoms with Crippen molar-refractivity contribution in [1.82, 2.24) is 4.98 Å². The van der Waals surface area contributed by atoms with Crippen LogP contribution in [-0.4, -0.2) is 10.9 Å². The summed E-state index contributed by atoms with van der Waals surface area (Å²) in [7, 11) is 0. The van der Waals surface area contributed by atoms with E-state index in [1.165, 1.54) is 11.3 Å². The summed E-state index contributed by atoms with van der Waals surface area (Å²) in [5.74, 6) is -0.204. The smallest absolute Gasteiger partial charge is 0.257 e. The van der Waals surface area contributed by atoms with Gasteiger partial charge in [-0.25, -0.2) is 4.98 Å². The van der Waals surface area contributed by atoms with Crippen LogP contribution in [0.15, 0.2) is 22.7 Å². The van der Waals surface area contributed by atoms with Gasteiger partial charge in [0.25, 0.3) is 5.91 Å². The van der Waals surface area contributed by atoms with Gasteiger partial charge in [-0.15, -0.1) is 11.3 Å². The highest BCUT2D eigenvalue weighted by Crippen LogP contribution is 2.24. The number of benzene rings is 1. The topological polar surface area (TPSA) is 68.0 Å². The second kappa shape index (κ2) is 5.71. The van der Waals surface area contributed by atoms with Crippen molar-refractivity contribution in [2.45, 2.75) is 20.3 Å². The van der Waals surface area contributed by atoms with Gasteiger partial charge in [-0.3, -0.25) is 10.1 Å². The van der Waals surface area contributed by atoms with Gasteiger partial charge in [0.1, 0.15) is 0 Å². The first kappa shape index (κ1) is 14.0. The van der Waals surface area contributed by atoms with Crippen molar-refractivity contribution in [3.63, 3.8) is 0 Å². The highest BCUT2D eigenvalue weighted by molar-refractivity contribution is 9.10. The molecule has 0 atom stereocenters. The molecule has 0 saturated carbocycles. The monoisotopic (exact) mass is 339 g/mol. The van der Waals surface area contributed by atoms with Gasteiger partial charge in [0, 0.05) is 20.6 Å². The summed E-state index contributed by atoms with van der Waals surface area (Å²) in [5, 5.41) is 3.42. The van der Waals surface area contributed by atoms with E-state index in [1.807, 2.05) is 13.8 Å². The van der Waals surface area contributed by atoms with Crippen LogP contribution in [0.4, 0.5) is 10.8 Å². The number of aryl methyl sites for hydroxylation is 2. The lowest BCUT2D eigenvalue weighted by molar-refractivity contribution is 0.102. The van der Waals surface area contributed by atoms with E-state index in [2.05, 4.69) is 26.2 Å². The molecule has 19 heavy (non-hydrogen) atoms. The number of anilines is 2. The average molecular weight is 340 g/mol. The Morgan fingerprint density at radius 2 is 2.21 bits per heavy atom. The fourth-order valence-electron chi connectivity index (χ4n) is 1.72. The van der Waals surface area contributed by atoms with Crippen LogP contribution in [0, 0.1) is 6.92 Å². The Labute approximate surface area is 124 Å². The predicted octanol–water partition coefficient (Wildman–Crippen LogP) is 3.61. The summed E-state index contributed by atoms with van der Waals surface area (Å²) < 4.78 is 0.780. The normalized spacial score (nSPS) is 10.5. The number of nitrogen functional groups attached to an aromatic ring is 1. The van der Waals surface area contributed by atoms with Crippen LogP contribution in [0.2, 0.25) is 0 Å². The molecule has 100 valence electrons. The molecule has 0 fully saturated rings. The number of hydrogen-bond donors (Lipinski definition) is 2. The van der Waals surface area contributed by atoms with Gasteiger partial charge < -0.3 is 5.73 Å². The largest absolute Gasteiger partial charge is 0.399 e. The number of carbonyl (C=O) groups is 1. The Bertz CT molecular complexity index is 604. The molecule has 0 saturated heterocycles. The fourth-order valence-corrected chi connectivity index (χ4v) is 3.13. The molecule has 0 aliphatic carbocycles. The lowest BCUT2D eigenvalue weighted by Crippen LogP contribution is -2.12. The number of nitrogens with one attached hydrogen (secondary N) is 1. The molecule has 1 aromatic carbocycles. The molecule has 2 aromatic rings. The summed E-state index contributed by atoms with van der Waals surface area (Å²) in [6.07, 6.45) is 0.863. The molecule has 1 aromatic heterocycles. The third-order valence-corrected chi connectivity index (χ3v) is 4.02. The third kappa shape index (κ3) is 3.33. The van der Waals surface area contributed by atoms with Crippen LogP contribution in [0.5, 0.6) is 0 Å². The van der Waals surface area contributed by atoms with Gasteiger partial charge in [0.05, 0.1) is 5.69 Å². The molecule has 0 aliphatic rings. The highest BCUT2D eigenvalue weighted by Gasteiger charge is 2.12. The van der Waals surface area contributed by atoms with Crippen LogP contribution >= 0.6 is 27.3 Å². The van der Waals surface area contributed by atoms with Gasteiger partial charge in [-0.2, -0.15) is 0 Å².